The molecule has 0 fully saturated rings. The van der Waals surface area contributed by atoms with Crippen molar-refractivity contribution >= 4 is 33.7 Å². The van der Waals surface area contributed by atoms with Crippen LogP contribution in [0.4, 0.5) is 0 Å². The van der Waals surface area contributed by atoms with E-state index in [0.29, 0.717) is 16.5 Å². The molecule has 0 saturated carbocycles. The second kappa shape index (κ2) is 7.19. The monoisotopic (exact) mass is 393 g/mol. The van der Waals surface area contributed by atoms with Crippen LogP contribution in [0.25, 0.3) is 21.7 Å². The molecular weight excluding hydrogens is 378 g/mol. The van der Waals surface area contributed by atoms with Gasteiger partial charge in [-0.2, -0.15) is 0 Å². The van der Waals surface area contributed by atoms with Crippen LogP contribution in [0.2, 0.25) is 0 Å². The molecule has 0 amide bonds. The molecule has 0 bridgehead atoms. The molecule has 4 aromatic rings. The maximum absolute atomic E-state index is 12.3. The zero-order valence-corrected chi connectivity index (χ0v) is 15.5. The number of fused-ring (bicyclic) bond motifs is 3. The molecule has 9 nitrogen and oxygen atoms in total. The van der Waals surface area contributed by atoms with E-state index in [4.69, 9.17) is 9.15 Å². The molecule has 4 rings (SSSR count). The zero-order valence-electron chi connectivity index (χ0n) is 15.5. The number of aromatic nitrogens is 3. The van der Waals surface area contributed by atoms with Gasteiger partial charge in [-0.25, -0.2) is 19.1 Å². The molecule has 0 atom stereocenters. The number of carbonyl (C=O) groups excluding carboxylic acids is 2. The summed E-state index contributed by atoms with van der Waals surface area (Å²) in [6.07, 6.45) is 0. The van der Waals surface area contributed by atoms with Gasteiger partial charge in [0.15, 0.2) is 5.69 Å². The van der Waals surface area contributed by atoms with E-state index in [-0.39, 0.29) is 17.9 Å². The van der Waals surface area contributed by atoms with Gasteiger partial charge < -0.3 is 13.9 Å². The fourth-order valence-electron chi connectivity index (χ4n) is 3.26. The van der Waals surface area contributed by atoms with Crippen LogP contribution in [-0.2, 0) is 16.0 Å². The summed E-state index contributed by atoms with van der Waals surface area (Å²) in [6.45, 7) is -0.00939. The van der Waals surface area contributed by atoms with E-state index in [1.54, 1.807) is 6.07 Å². The van der Waals surface area contributed by atoms with Gasteiger partial charge in [-0.15, -0.1) is 5.10 Å². The second-order valence-corrected chi connectivity index (χ2v) is 6.18. The van der Waals surface area contributed by atoms with Crippen LogP contribution in [0.1, 0.15) is 26.5 Å². The fraction of sp³-hybridized carbons (Fsp3) is 0.150. The largest absolute Gasteiger partial charge is 0.464 e. The molecule has 0 N–H and O–H groups in total. The molecule has 0 saturated heterocycles. The van der Waals surface area contributed by atoms with Gasteiger partial charge in [0, 0.05) is 11.5 Å². The van der Waals surface area contributed by atoms with Crippen molar-refractivity contribution in [2.75, 3.05) is 14.2 Å². The standard InChI is InChI=1S/C20H15N3O6/c1-27-19(25)17-18(20(26)28-2)23(22-21-17)10-12-9-15(24)29-14-8-7-11-5-3-4-6-13(11)16(12)14/h3-9H,10H2,1-2H3. The first-order valence-corrected chi connectivity index (χ1v) is 8.58. The van der Waals surface area contributed by atoms with Gasteiger partial charge in [-0.3, -0.25) is 0 Å². The van der Waals surface area contributed by atoms with Crippen LogP contribution >= 0.6 is 0 Å². The normalized spacial score (nSPS) is 11.0. The summed E-state index contributed by atoms with van der Waals surface area (Å²) >= 11 is 0. The Balaban J connectivity index is 1.94. The predicted molar refractivity (Wildman–Crippen MR) is 102 cm³/mol. The Morgan fingerprint density at radius 1 is 1.07 bits per heavy atom. The molecule has 0 radical (unpaired) electrons. The lowest BCUT2D eigenvalue weighted by molar-refractivity contribution is 0.0544. The number of benzene rings is 2. The summed E-state index contributed by atoms with van der Waals surface area (Å²) in [7, 11) is 2.35. The Bertz CT molecular complexity index is 1320. The predicted octanol–water partition coefficient (Wildman–Crippen LogP) is 2.16. The number of nitrogens with zero attached hydrogens (tertiary/aromatic N) is 3. The highest BCUT2D eigenvalue weighted by molar-refractivity contribution is 6.07. The third-order valence-corrected chi connectivity index (χ3v) is 4.53. The Morgan fingerprint density at radius 2 is 1.83 bits per heavy atom. The summed E-state index contributed by atoms with van der Waals surface area (Å²) in [5, 5.41) is 10.2. The van der Waals surface area contributed by atoms with E-state index in [0.717, 1.165) is 10.8 Å². The fourth-order valence-corrected chi connectivity index (χ4v) is 3.26. The van der Waals surface area contributed by atoms with E-state index >= 15 is 0 Å². The number of methoxy groups -OCH3 is 2. The van der Waals surface area contributed by atoms with E-state index in [1.165, 1.54) is 25.0 Å². The molecule has 9 heteroatoms. The second-order valence-electron chi connectivity index (χ2n) is 6.18. The van der Waals surface area contributed by atoms with Crippen LogP contribution < -0.4 is 5.63 Å². The molecule has 0 aliphatic rings. The number of esters is 2. The Labute approximate surface area is 163 Å². The molecule has 2 aromatic carbocycles. The third-order valence-electron chi connectivity index (χ3n) is 4.53. The van der Waals surface area contributed by atoms with Gasteiger partial charge in [0.2, 0.25) is 5.69 Å². The summed E-state index contributed by atoms with van der Waals surface area (Å²) in [4.78, 5) is 36.3. The molecule has 0 spiro atoms. The molecule has 2 heterocycles. The summed E-state index contributed by atoms with van der Waals surface area (Å²) in [5.41, 5.74) is -0.0215. The van der Waals surface area contributed by atoms with Gasteiger partial charge in [0.1, 0.15) is 5.58 Å². The molecular formula is C20H15N3O6. The van der Waals surface area contributed by atoms with Crippen molar-refractivity contribution < 1.29 is 23.5 Å². The molecule has 29 heavy (non-hydrogen) atoms. The third kappa shape index (κ3) is 3.12. The molecule has 2 aromatic heterocycles. The number of hydrogen-bond donors (Lipinski definition) is 0. The highest BCUT2D eigenvalue weighted by Crippen LogP contribution is 2.28. The van der Waals surface area contributed by atoms with E-state index < -0.39 is 17.6 Å². The van der Waals surface area contributed by atoms with Crippen molar-refractivity contribution in [3.8, 4) is 0 Å². The van der Waals surface area contributed by atoms with Crippen molar-refractivity contribution in [3.05, 3.63) is 69.8 Å². The van der Waals surface area contributed by atoms with Crippen molar-refractivity contribution in [2.24, 2.45) is 0 Å². The van der Waals surface area contributed by atoms with E-state index in [2.05, 4.69) is 15.0 Å². The van der Waals surface area contributed by atoms with Gasteiger partial charge in [-0.05, 0) is 22.4 Å². The highest BCUT2D eigenvalue weighted by atomic mass is 16.5. The lowest BCUT2D eigenvalue weighted by Gasteiger charge is -2.10. The molecule has 146 valence electrons. The molecule has 0 aliphatic heterocycles. The lowest BCUT2D eigenvalue weighted by atomic mass is 10.0. The Hall–Kier alpha value is -4.01. The lowest BCUT2D eigenvalue weighted by Crippen LogP contribution is -2.17. The number of ether oxygens (including phenoxy) is 2. The topological polar surface area (TPSA) is 114 Å². The summed E-state index contributed by atoms with van der Waals surface area (Å²) in [5.74, 6) is -1.62. The average molecular weight is 393 g/mol. The molecule has 0 unspecified atom stereocenters. The van der Waals surface area contributed by atoms with Crippen LogP contribution in [0, 0.1) is 0 Å². The van der Waals surface area contributed by atoms with Crippen LogP contribution in [0.3, 0.4) is 0 Å². The smallest absolute Gasteiger partial charge is 0.361 e. The van der Waals surface area contributed by atoms with E-state index in [9.17, 15) is 14.4 Å². The van der Waals surface area contributed by atoms with Crippen molar-refractivity contribution in [1.82, 2.24) is 15.0 Å². The highest BCUT2D eigenvalue weighted by Gasteiger charge is 2.27. The van der Waals surface area contributed by atoms with E-state index in [1.807, 2.05) is 30.3 Å². The Kier molecular flexibility index (Phi) is 4.55. The quantitative estimate of drug-likeness (QED) is 0.294. The van der Waals surface area contributed by atoms with Crippen molar-refractivity contribution in [2.45, 2.75) is 6.54 Å². The van der Waals surface area contributed by atoms with Gasteiger partial charge in [0.25, 0.3) is 0 Å². The summed E-state index contributed by atoms with van der Waals surface area (Å²) < 4.78 is 16.0. The first-order chi connectivity index (χ1) is 14.0. The van der Waals surface area contributed by atoms with Gasteiger partial charge in [0.05, 0.1) is 20.8 Å². The van der Waals surface area contributed by atoms with Gasteiger partial charge >= 0.3 is 17.6 Å². The minimum Gasteiger partial charge on any atom is -0.464 e. The van der Waals surface area contributed by atoms with Crippen LogP contribution in [0.15, 0.2) is 51.7 Å². The zero-order chi connectivity index (χ0) is 20.5. The van der Waals surface area contributed by atoms with Crippen molar-refractivity contribution in [3.63, 3.8) is 0 Å². The first kappa shape index (κ1) is 18.4. The van der Waals surface area contributed by atoms with Crippen molar-refractivity contribution in [1.29, 1.82) is 0 Å². The number of carbonyl (C=O) groups is 2. The van der Waals surface area contributed by atoms with Crippen LogP contribution in [0.5, 0.6) is 0 Å². The average Bonchev–Trinajstić information content (AvgIpc) is 3.15. The maximum atomic E-state index is 12.3. The number of rotatable bonds is 4. The minimum absolute atomic E-state index is 0.00939. The minimum atomic E-state index is -0.820. The maximum Gasteiger partial charge on any atom is 0.361 e. The van der Waals surface area contributed by atoms with Gasteiger partial charge in [-0.1, -0.05) is 35.5 Å². The summed E-state index contributed by atoms with van der Waals surface area (Å²) in [6, 6.07) is 12.5. The van der Waals surface area contributed by atoms with Crippen LogP contribution in [-0.4, -0.2) is 41.2 Å². The first-order valence-electron chi connectivity index (χ1n) is 8.58. The molecule has 0 aliphatic carbocycles. The Morgan fingerprint density at radius 3 is 2.59 bits per heavy atom. The SMILES string of the molecule is COC(=O)c1nnn(Cc2cc(=O)oc3ccc4ccccc4c23)c1C(=O)OC. The number of hydrogen-bond acceptors (Lipinski definition) is 8.